The second-order valence-corrected chi connectivity index (χ2v) is 7.33. The first-order valence-electron chi connectivity index (χ1n) is 8.36. The molecule has 26 heavy (non-hydrogen) atoms. The van der Waals surface area contributed by atoms with Gasteiger partial charge in [-0.2, -0.15) is 0 Å². The Hall–Kier alpha value is -2.52. The molecule has 8 nitrogen and oxygen atoms in total. The molecule has 0 unspecified atom stereocenters. The Balaban J connectivity index is 1.82. The highest BCUT2D eigenvalue weighted by Gasteiger charge is 2.08. The number of hydrogen-bond donors (Lipinski definition) is 3. The zero-order chi connectivity index (χ0) is 19.0. The lowest BCUT2D eigenvalue weighted by Crippen LogP contribution is -2.24. The van der Waals surface area contributed by atoms with E-state index in [2.05, 4.69) is 27.5 Å². The Morgan fingerprint density at radius 1 is 1.12 bits per heavy atom. The third kappa shape index (κ3) is 6.08. The number of nitrogens with two attached hydrogens (primary N) is 1. The van der Waals surface area contributed by atoms with Gasteiger partial charge in [0, 0.05) is 25.5 Å². The number of sulfonamides is 1. The van der Waals surface area contributed by atoms with E-state index in [9.17, 15) is 13.2 Å². The normalized spacial score (nSPS) is 11.2. The lowest BCUT2D eigenvalue weighted by molar-refractivity contribution is 0.0952. The summed E-state index contributed by atoms with van der Waals surface area (Å²) in [6.07, 6.45) is 5.58. The van der Waals surface area contributed by atoms with Crippen molar-refractivity contribution < 1.29 is 13.2 Å². The smallest absolute Gasteiger partial charge is 0.254 e. The van der Waals surface area contributed by atoms with Crippen LogP contribution in [0.15, 0.2) is 41.6 Å². The average molecular weight is 377 g/mol. The first-order valence-corrected chi connectivity index (χ1v) is 9.90. The number of aromatic nitrogens is 2. The van der Waals surface area contributed by atoms with Crippen molar-refractivity contribution in [3.05, 3.63) is 47.8 Å². The zero-order valence-electron chi connectivity index (χ0n) is 14.6. The minimum atomic E-state index is -3.67. The minimum Gasteiger partial charge on any atom is -0.354 e. The van der Waals surface area contributed by atoms with Gasteiger partial charge in [-0.25, -0.2) is 23.5 Å². The number of rotatable bonds is 9. The van der Waals surface area contributed by atoms with Crippen LogP contribution in [0.1, 0.15) is 35.7 Å². The standard InChI is InChI=1S/C17H23N5O3S/c1-2-3-9-19-16(23)14-11-21-17(22-12-14)20-10-8-13-4-6-15(7-5-13)26(18,24)25/h4-7,11-12H,2-3,8-10H2,1H3,(H,19,23)(H2,18,24,25)(H,20,21,22). The highest BCUT2D eigenvalue weighted by atomic mass is 32.2. The molecular weight excluding hydrogens is 354 g/mol. The highest BCUT2D eigenvalue weighted by molar-refractivity contribution is 7.89. The fraction of sp³-hybridized carbons (Fsp3) is 0.353. The molecule has 140 valence electrons. The largest absolute Gasteiger partial charge is 0.354 e. The van der Waals surface area contributed by atoms with E-state index >= 15 is 0 Å². The van der Waals surface area contributed by atoms with E-state index in [4.69, 9.17) is 5.14 Å². The van der Waals surface area contributed by atoms with Crippen molar-refractivity contribution in [3.63, 3.8) is 0 Å². The molecule has 2 rings (SSSR count). The summed E-state index contributed by atoms with van der Waals surface area (Å²) < 4.78 is 22.4. The quantitative estimate of drug-likeness (QED) is 0.565. The van der Waals surface area contributed by atoms with Gasteiger partial charge in [0.15, 0.2) is 0 Å². The number of amides is 1. The van der Waals surface area contributed by atoms with E-state index in [1.165, 1.54) is 24.5 Å². The summed E-state index contributed by atoms with van der Waals surface area (Å²) in [7, 11) is -3.67. The van der Waals surface area contributed by atoms with Crippen LogP contribution >= 0.6 is 0 Å². The fourth-order valence-electron chi connectivity index (χ4n) is 2.18. The second-order valence-electron chi connectivity index (χ2n) is 5.77. The molecule has 9 heteroatoms. The van der Waals surface area contributed by atoms with Gasteiger partial charge in [0.25, 0.3) is 5.91 Å². The average Bonchev–Trinajstić information content (AvgIpc) is 2.62. The molecule has 0 saturated heterocycles. The van der Waals surface area contributed by atoms with E-state index in [-0.39, 0.29) is 10.8 Å². The predicted octanol–water partition coefficient (Wildman–Crippen LogP) is 1.31. The molecule has 1 aromatic heterocycles. The van der Waals surface area contributed by atoms with Gasteiger partial charge in [-0.1, -0.05) is 25.5 Å². The number of anilines is 1. The van der Waals surface area contributed by atoms with Crippen molar-refractivity contribution in [3.8, 4) is 0 Å². The third-order valence-electron chi connectivity index (χ3n) is 3.68. The number of nitrogens with one attached hydrogen (secondary N) is 2. The van der Waals surface area contributed by atoms with Crippen molar-refractivity contribution in [2.75, 3.05) is 18.4 Å². The molecule has 1 heterocycles. The first-order chi connectivity index (χ1) is 12.4. The molecule has 0 aliphatic heterocycles. The van der Waals surface area contributed by atoms with E-state index in [1.807, 2.05) is 0 Å². The Bertz CT molecular complexity index is 820. The molecule has 0 fully saturated rings. The molecule has 0 spiro atoms. The van der Waals surface area contributed by atoms with Crippen LogP contribution in [0.3, 0.4) is 0 Å². The number of primary sulfonamides is 1. The molecule has 0 aliphatic rings. The summed E-state index contributed by atoms with van der Waals surface area (Å²) in [6, 6.07) is 6.39. The van der Waals surface area contributed by atoms with Gasteiger partial charge in [0.1, 0.15) is 0 Å². The van der Waals surface area contributed by atoms with Gasteiger partial charge in [0.05, 0.1) is 10.5 Å². The van der Waals surface area contributed by atoms with E-state index in [0.717, 1.165) is 18.4 Å². The maximum absolute atomic E-state index is 11.9. The van der Waals surface area contributed by atoms with Crippen LogP contribution in [0.25, 0.3) is 0 Å². The summed E-state index contributed by atoms with van der Waals surface area (Å²) in [5.41, 5.74) is 1.38. The summed E-state index contributed by atoms with van der Waals surface area (Å²) in [4.78, 5) is 20.2. The number of unbranched alkanes of at least 4 members (excludes halogenated alkanes) is 1. The number of nitrogens with zero attached hydrogens (tertiary/aromatic N) is 2. The number of carbonyl (C=O) groups is 1. The second kappa shape index (κ2) is 9.25. The minimum absolute atomic E-state index is 0.0883. The Labute approximate surface area is 153 Å². The van der Waals surface area contributed by atoms with Crippen LogP contribution in [0.4, 0.5) is 5.95 Å². The van der Waals surface area contributed by atoms with E-state index in [1.54, 1.807) is 12.1 Å². The van der Waals surface area contributed by atoms with Crippen molar-refractivity contribution in [1.29, 1.82) is 0 Å². The lowest BCUT2D eigenvalue weighted by atomic mass is 10.1. The lowest BCUT2D eigenvalue weighted by Gasteiger charge is -2.07. The molecule has 2 aromatic rings. The maximum Gasteiger partial charge on any atom is 0.254 e. The molecule has 0 atom stereocenters. The molecule has 0 aliphatic carbocycles. The van der Waals surface area contributed by atoms with Crippen LogP contribution < -0.4 is 15.8 Å². The van der Waals surface area contributed by atoms with E-state index in [0.29, 0.717) is 31.0 Å². The molecule has 0 saturated carbocycles. The summed E-state index contributed by atoms with van der Waals surface area (Å²) in [6.45, 7) is 3.26. The van der Waals surface area contributed by atoms with Gasteiger partial charge in [-0.15, -0.1) is 0 Å². The van der Waals surface area contributed by atoms with Gasteiger partial charge < -0.3 is 10.6 Å². The summed E-state index contributed by atoms with van der Waals surface area (Å²) >= 11 is 0. The fourth-order valence-corrected chi connectivity index (χ4v) is 2.70. The molecule has 0 bridgehead atoms. The Morgan fingerprint density at radius 3 is 2.35 bits per heavy atom. The Kier molecular flexibility index (Phi) is 7.05. The van der Waals surface area contributed by atoms with Gasteiger partial charge in [0.2, 0.25) is 16.0 Å². The van der Waals surface area contributed by atoms with Crippen LogP contribution in [-0.4, -0.2) is 37.4 Å². The number of hydrogen-bond acceptors (Lipinski definition) is 6. The van der Waals surface area contributed by atoms with Crippen LogP contribution in [0, 0.1) is 0 Å². The maximum atomic E-state index is 11.9. The van der Waals surface area contributed by atoms with Gasteiger partial charge in [-0.3, -0.25) is 4.79 Å². The molecule has 1 amide bonds. The van der Waals surface area contributed by atoms with Crippen molar-refractivity contribution in [1.82, 2.24) is 15.3 Å². The SMILES string of the molecule is CCCCNC(=O)c1cnc(NCCc2ccc(S(N)(=O)=O)cc2)nc1. The van der Waals surface area contributed by atoms with Crippen LogP contribution in [0.5, 0.6) is 0 Å². The first kappa shape index (κ1) is 19.8. The van der Waals surface area contributed by atoms with E-state index < -0.39 is 10.0 Å². The molecule has 0 radical (unpaired) electrons. The van der Waals surface area contributed by atoms with Gasteiger partial charge in [-0.05, 0) is 30.5 Å². The molecule has 4 N–H and O–H groups in total. The van der Waals surface area contributed by atoms with Crippen molar-refractivity contribution in [2.24, 2.45) is 5.14 Å². The zero-order valence-corrected chi connectivity index (χ0v) is 15.4. The van der Waals surface area contributed by atoms with Crippen molar-refractivity contribution >= 4 is 21.9 Å². The third-order valence-corrected chi connectivity index (χ3v) is 4.61. The summed E-state index contributed by atoms with van der Waals surface area (Å²) in [5.74, 6) is 0.246. The topological polar surface area (TPSA) is 127 Å². The molecule has 1 aromatic carbocycles. The van der Waals surface area contributed by atoms with Crippen LogP contribution in [0.2, 0.25) is 0 Å². The monoisotopic (exact) mass is 377 g/mol. The van der Waals surface area contributed by atoms with Crippen LogP contribution in [-0.2, 0) is 16.4 Å². The van der Waals surface area contributed by atoms with Crippen molar-refractivity contribution in [2.45, 2.75) is 31.1 Å². The Morgan fingerprint density at radius 2 is 1.77 bits per heavy atom. The number of carbonyl (C=O) groups excluding carboxylic acids is 1. The number of benzene rings is 1. The highest BCUT2D eigenvalue weighted by Crippen LogP contribution is 2.09. The van der Waals surface area contributed by atoms with Gasteiger partial charge >= 0.3 is 0 Å². The summed E-state index contributed by atoms with van der Waals surface area (Å²) in [5, 5.41) is 10.9. The predicted molar refractivity (Wildman–Crippen MR) is 99.3 cm³/mol. The molecular formula is C17H23N5O3S.